The molecule has 2 heterocycles. The molecule has 0 fully saturated rings. The molecular weight excluding hydrogens is 348 g/mol. The Morgan fingerprint density at radius 2 is 2.04 bits per heavy atom. The number of imide groups is 1. The van der Waals surface area contributed by atoms with Crippen molar-refractivity contribution in [2.24, 2.45) is 0 Å². The Morgan fingerprint density at radius 1 is 1.26 bits per heavy atom. The lowest BCUT2D eigenvalue weighted by molar-refractivity contribution is -0.117. The van der Waals surface area contributed by atoms with E-state index in [-0.39, 0.29) is 36.3 Å². The molecule has 3 rings (SSSR count). The third-order valence-corrected chi connectivity index (χ3v) is 4.24. The highest BCUT2D eigenvalue weighted by molar-refractivity contribution is 6.21. The van der Waals surface area contributed by atoms with Crippen molar-refractivity contribution in [1.82, 2.24) is 9.80 Å². The maximum Gasteiger partial charge on any atom is 0.261 e. The van der Waals surface area contributed by atoms with Crippen LogP contribution in [-0.2, 0) is 11.3 Å². The summed E-state index contributed by atoms with van der Waals surface area (Å²) >= 11 is 0. The van der Waals surface area contributed by atoms with Crippen LogP contribution >= 0.6 is 0 Å². The van der Waals surface area contributed by atoms with Crippen molar-refractivity contribution < 1.29 is 18.8 Å². The molecule has 0 saturated heterocycles. The normalized spacial score (nSPS) is 13.0. The highest BCUT2D eigenvalue weighted by Crippen LogP contribution is 2.24. The Bertz CT molecular complexity index is 914. The first-order chi connectivity index (χ1) is 13.0. The highest BCUT2D eigenvalue weighted by atomic mass is 16.3. The second-order valence-corrected chi connectivity index (χ2v) is 6.18. The number of benzene rings is 1. The lowest BCUT2D eigenvalue weighted by Crippen LogP contribution is -2.33. The van der Waals surface area contributed by atoms with Crippen LogP contribution in [0.15, 0.2) is 41.0 Å². The summed E-state index contributed by atoms with van der Waals surface area (Å²) < 4.78 is 5.30. The first-order valence-electron chi connectivity index (χ1n) is 8.37. The van der Waals surface area contributed by atoms with Crippen LogP contribution in [0.25, 0.3) is 0 Å². The van der Waals surface area contributed by atoms with Gasteiger partial charge in [-0.1, -0.05) is 0 Å². The van der Waals surface area contributed by atoms with Crippen LogP contribution in [0.3, 0.4) is 0 Å². The second-order valence-electron chi connectivity index (χ2n) is 6.18. The highest BCUT2D eigenvalue weighted by Gasteiger charge is 2.32. The molecule has 138 valence electrons. The largest absolute Gasteiger partial charge is 0.468 e. The van der Waals surface area contributed by atoms with E-state index in [1.54, 1.807) is 29.4 Å². The summed E-state index contributed by atoms with van der Waals surface area (Å²) in [6, 6.07) is 10.3. The van der Waals surface area contributed by atoms with Crippen molar-refractivity contribution in [1.29, 1.82) is 5.26 Å². The maximum absolute atomic E-state index is 12.4. The minimum atomic E-state index is -0.389. The van der Waals surface area contributed by atoms with Crippen LogP contribution in [-0.4, -0.2) is 47.7 Å². The van der Waals surface area contributed by atoms with Gasteiger partial charge in [-0.25, -0.2) is 0 Å². The van der Waals surface area contributed by atoms with Gasteiger partial charge in [0.25, 0.3) is 11.8 Å². The van der Waals surface area contributed by atoms with E-state index in [1.165, 1.54) is 19.2 Å². The van der Waals surface area contributed by atoms with Crippen LogP contribution in [0.2, 0.25) is 0 Å². The van der Waals surface area contributed by atoms with Gasteiger partial charge in [0.05, 0.1) is 36.5 Å². The number of rotatable bonds is 7. The molecule has 0 atom stereocenters. The Balaban J connectivity index is 1.66. The van der Waals surface area contributed by atoms with E-state index in [4.69, 9.17) is 9.68 Å². The number of hydrogen-bond acceptors (Lipinski definition) is 6. The number of carbonyl (C=O) groups excluding carboxylic acids is 3. The van der Waals surface area contributed by atoms with Crippen LogP contribution < -0.4 is 5.32 Å². The number of nitrogens with zero attached hydrogens (tertiary/aromatic N) is 3. The molecule has 0 aliphatic carbocycles. The standard InChI is InChI=1S/C19H18N4O4/c1-22-18(25)15-6-5-13(10-16(15)19(22)26)21-17(24)12-23(8-3-7-20)11-14-4-2-9-27-14/h2,4-6,9-10H,3,8,11-12H2,1H3,(H,21,24). The summed E-state index contributed by atoms with van der Waals surface area (Å²) in [5.74, 6) is -0.330. The minimum absolute atomic E-state index is 0.0618. The van der Waals surface area contributed by atoms with Gasteiger partial charge in [0.1, 0.15) is 5.76 Å². The topological polar surface area (TPSA) is 107 Å². The van der Waals surface area contributed by atoms with Crippen molar-refractivity contribution in [2.75, 3.05) is 25.5 Å². The molecule has 1 N–H and O–H groups in total. The van der Waals surface area contributed by atoms with E-state index < -0.39 is 0 Å². The monoisotopic (exact) mass is 366 g/mol. The number of anilines is 1. The Labute approximate surface area is 156 Å². The molecule has 1 aliphatic rings. The molecule has 2 aromatic rings. The van der Waals surface area contributed by atoms with Crippen molar-refractivity contribution in [3.63, 3.8) is 0 Å². The van der Waals surface area contributed by atoms with Gasteiger partial charge in [0, 0.05) is 25.7 Å². The Hall–Kier alpha value is -3.44. The third-order valence-electron chi connectivity index (χ3n) is 4.24. The number of furan rings is 1. The fourth-order valence-corrected chi connectivity index (χ4v) is 2.89. The number of carbonyl (C=O) groups is 3. The molecule has 1 aromatic heterocycles. The molecule has 8 heteroatoms. The third kappa shape index (κ3) is 4.04. The van der Waals surface area contributed by atoms with Crippen molar-refractivity contribution in [3.05, 3.63) is 53.5 Å². The van der Waals surface area contributed by atoms with Gasteiger partial charge in [-0.2, -0.15) is 5.26 Å². The first kappa shape index (κ1) is 18.4. The van der Waals surface area contributed by atoms with E-state index >= 15 is 0 Å². The molecule has 1 aliphatic heterocycles. The zero-order valence-corrected chi connectivity index (χ0v) is 14.8. The predicted octanol–water partition coefficient (Wildman–Crippen LogP) is 1.86. The summed E-state index contributed by atoms with van der Waals surface area (Å²) in [4.78, 5) is 39.2. The molecule has 0 spiro atoms. The summed E-state index contributed by atoms with van der Waals surface area (Å²) in [5.41, 5.74) is 1.04. The van der Waals surface area contributed by atoms with Gasteiger partial charge in [0.2, 0.25) is 5.91 Å². The molecule has 1 aromatic carbocycles. The molecule has 0 radical (unpaired) electrons. The van der Waals surface area contributed by atoms with Crippen molar-refractivity contribution in [2.45, 2.75) is 13.0 Å². The van der Waals surface area contributed by atoms with E-state index in [0.29, 0.717) is 30.1 Å². The smallest absolute Gasteiger partial charge is 0.261 e. The van der Waals surface area contributed by atoms with Crippen LogP contribution in [0.5, 0.6) is 0 Å². The van der Waals surface area contributed by atoms with Crippen LogP contribution in [0.4, 0.5) is 5.69 Å². The zero-order chi connectivity index (χ0) is 19.4. The van der Waals surface area contributed by atoms with Gasteiger partial charge in [-0.3, -0.25) is 24.2 Å². The summed E-state index contributed by atoms with van der Waals surface area (Å²) in [7, 11) is 1.42. The molecular formula is C19H18N4O4. The van der Waals surface area contributed by atoms with E-state index in [2.05, 4.69) is 11.4 Å². The quantitative estimate of drug-likeness (QED) is 0.750. The number of nitrogens with one attached hydrogen (secondary N) is 1. The van der Waals surface area contributed by atoms with Crippen LogP contribution in [0.1, 0.15) is 32.9 Å². The fraction of sp³-hybridized carbons (Fsp3) is 0.263. The number of nitriles is 1. The summed E-state index contributed by atoms with van der Waals surface area (Å²) in [5, 5.41) is 11.5. The molecule has 27 heavy (non-hydrogen) atoms. The fourth-order valence-electron chi connectivity index (χ4n) is 2.89. The van der Waals surface area contributed by atoms with Gasteiger partial charge in [-0.15, -0.1) is 0 Å². The predicted molar refractivity (Wildman–Crippen MR) is 95.7 cm³/mol. The van der Waals surface area contributed by atoms with E-state index in [9.17, 15) is 14.4 Å². The zero-order valence-electron chi connectivity index (χ0n) is 14.8. The van der Waals surface area contributed by atoms with Crippen LogP contribution in [0, 0.1) is 11.3 Å². The Morgan fingerprint density at radius 3 is 2.74 bits per heavy atom. The SMILES string of the molecule is CN1C(=O)c2ccc(NC(=O)CN(CCC#N)Cc3ccco3)cc2C1=O. The lowest BCUT2D eigenvalue weighted by Gasteiger charge is -2.19. The lowest BCUT2D eigenvalue weighted by atomic mass is 10.1. The summed E-state index contributed by atoms with van der Waals surface area (Å²) in [6.45, 7) is 0.892. The van der Waals surface area contributed by atoms with E-state index in [0.717, 1.165) is 4.90 Å². The minimum Gasteiger partial charge on any atom is -0.468 e. The average molecular weight is 366 g/mol. The number of hydrogen-bond donors (Lipinski definition) is 1. The molecule has 8 nitrogen and oxygen atoms in total. The van der Waals surface area contributed by atoms with Gasteiger partial charge in [0.15, 0.2) is 0 Å². The molecule has 3 amide bonds. The molecule has 0 bridgehead atoms. The van der Waals surface area contributed by atoms with Gasteiger partial charge >= 0.3 is 0 Å². The molecule has 0 unspecified atom stereocenters. The van der Waals surface area contributed by atoms with E-state index in [1.807, 2.05) is 0 Å². The number of amides is 3. The van der Waals surface area contributed by atoms with Crippen molar-refractivity contribution >= 4 is 23.4 Å². The van der Waals surface area contributed by atoms with Gasteiger partial charge in [-0.05, 0) is 30.3 Å². The second kappa shape index (κ2) is 7.85. The number of fused-ring (bicyclic) bond motifs is 1. The Kier molecular flexibility index (Phi) is 5.33. The first-order valence-corrected chi connectivity index (χ1v) is 8.37. The molecule has 0 saturated carbocycles. The average Bonchev–Trinajstić information content (AvgIpc) is 3.23. The van der Waals surface area contributed by atoms with Crippen molar-refractivity contribution in [3.8, 4) is 6.07 Å². The maximum atomic E-state index is 12.4. The van der Waals surface area contributed by atoms with Gasteiger partial charge < -0.3 is 9.73 Å². The summed E-state index contributed by atoms with van der Waals surface area (Å²) in [6.07, 6.45) is 1.84.